The smallest absolute Gasteiger partial charge is 0.339 e. The van der Waals surface area contributed by atoms with Crippen LogP contribution in [0.25, 0.3) is 11.1 Å². The van der Waals surface area contributed by atoms with Crippen molar-refractivity contribution in [3.63, 3.8) is 0 Å². The Morgan fingerprint density at radius 2 is 1.60 bits per heavy atom. The van der Waals surface area contributed by atoms with Gasteiger partial charge >= 0.3 is 5.97 Å². The fourth-order valence-corrected chi connectivity index (χ4v) is 4.65. The largest absolute Gasteiger partial charge is 0.507 e. The Labute approximate surface area is 241 Å². The monoisotopic (exact) mass is 605 g/mol. The third kappa shape index (κ3) is 6.98. The molecule has 3 amide bonds. The summed E-state index contributed by atoms with van der Waals surface area (Å²) in [7, 11) is 1.17. The molecule has 0 aliphatic carbocycles. The number of phenolic OH excluding ortho intramolecular Hbond substituents is 1. The number of benzene rings is 3. The molecule has 0 spiro atoms. The van der Waals surface area contributed by atoms with Gasteiger partial charge in [0.25, 0.3) is 17.7 Å². The van der Waals surface area contributed by atoms with Crippen molar-refractivity contribution in [1.82, 2.24) is 4.90 Å². The topological polar surface area (TPSA) is 142 Å². The van der Waals surface area contributed by atoms with Crippen molar-refractivity contribution in [2.24, 2.45) is 4.36 Å². The number of hydrogen-bond donors (Lipinski definition) is 2. The summed E-state index contributed by atoms with van der Waals surface area (Å²) in [5, 5.41) is 13.9. The van der Waals surface area contributed by atoms with Crippen LogP contribution < -0.4 is 5.32 Å². The quantitative estimate of drug-likeness (QED) is 0.377. The number of esters is 1. The van der Waals surface area contributed by atoms with Crippen molar-refractivity contribution in [3.05, 3.63) is 80.8 Å². The number of rotatable bonds is 6. The van der Waals surface area contributed by atoms with Gasteiger partial charge in [0.05, 0.1) is 35.1 Å². The summed E-state index contributed by atoms with van der Waals surface area (Å²) in [6.07, 6.45) is 2.47. The fourth-order valence-electron chi connectivity index (χ4n) is 3.63. The molecule has 3 rings (SSSR count). The van der Waals surface area contributed by atoms with Crippen molar-refractivity contribution in [1.29, 1.82) is 0 Å². The van der Waals surface area contributed by atoms with E-state index in [0.717, 1.165) is 12.1 Å². The summed E-state index contributed by atoms with van der Waals surface area (Å²) >= 11 is 12.3. The molecule has 3 aromatic rings. The van der Waals surface area contributed by atoms with Crippen LogP contribution in [0.15, 0.2) is 52.9 Å². The lowest BCUT2D eigenvalue weighted by Crippen LogP contribution is -2.26. The molecule has 0 saturated heterocycles. The number of nitrogens with one attached hydrogen (secondary N) is 1. The number of anilines is 1. The van der Waals surface area contributed by atoms with Gasteiger partial charge in [-0.15, -0.1) is 0 Å². The molecule has 0 bridgehead atoms. The number of nitrogens with zero attached hydrogens (tertiary/aromatic N) is 2. The summed E-state index contributed by atoms with van der Waals surface area (Å²) in [6.45, 7) is 0. The van der Waals surface area contributed by atoms with Gasteiger partial charge in [-0.3, -0.25) is 14.4 Å². The van der Waals surface area contributed by atoms with E-state index in [1.54, 1.807) is 18.2 Å². The Balaban J connectivity index is 2.16. The van der Waals surface area contributed by atoms with Crippen LogP contribution in [-0.4, -0.2) is 71.6 Å². The summed E-state index contributed by atoms with van der Waals surface area (Å²) < 4.78 is 20.4. The molecule has 13 heteroatoms. The average Bonchev–Trinajstić information content (AvgIpc) is 2.86. The van der Waals surface area contributed by atoms with E-state index in [1.165, 1.54) is 56.8 Å². The molecular weight excluding hydrogens is 581 g/mol. The van der Waals surface area contributed by atoms with E-state index in [1.807, 2.05) is 0 Å². The van der Waals surface area contributed by atoms with Crippen LogP contribution in [0, 0.1) is 0 Å². The number of halogens is 2. The summed E-state index contributed by atoms with van der Waals surface area (Å²) in [6, 6.07) is 11.3. The van der Waals surface area contributed by atoms with Gasteiger partial charge in [0.1, 0.15) is 5.75 Å². The Morgan fingerprint density at radius 1 is 0.925 bits per heavy atom. The van der Waals surface area contributed by atoms with Gasteiger partial charge in [-0.1, -0.05) is 35.3 Å². The maximum Gasteiger partial charge on any atom is 0.339 e. The Kier molecular flexibility index (Phi) is 9.24. The first-order chi connectivity index (χ1) is 18.6. The molecule has 0 aliphatic heterocycles. The Morgan fingerprint density at radius 3 is 2.17 bits per heavy atom. The molecule has 0 heterocycles. The molecule has 0 fully saturated rings. The Hall–Kier alpha value is -3.93. The van der Waals surface area contributed by atoms with Gasteiger partial charge < -0.3 is 20.1 Å². The third-order valence-corrected chi connectivity index (χ3v) is 6.62. The molecular formula is C27H25Cl2N3O7S. The van der Waals surface area contributed by atoms with E-state index in [0.29, 0.717) is 21.2 Å². The van der Waals surface area contributed by atoms with E-state index in [2.05, 4.69) is 9.68 Å². The number of carbonyl (C=O) groups excluding carboxylic acids is 4. The number of phenols is 1. The molecule has 2 N–H and O–H groups in total. The predicted octanol–water partition coefficient (Wildman–Crippen LogP) is 4.97. The SMILES string of the molecule is COC(=O)c1ccc(-c2ccc(Cl)cc2Cl)cc1NC(=O)c1cc(O)c(C(=O)N=S(C)(C)=O)cc1C(=O)N(C)C. The first-order valence-corrected chi connectivity index (χ1v) is 14.5. The van der Waals surface area contributed by atoms with E-state index in [-0.39, 0.29) is 22.4 Å². The van der Waals surface area contributed by atoms with Crippen LogP contribution in [0.3, 0.4) is 0 Å². The number of carbonyl (C=O) groups is 4. The van der Waals surface area contributed by atoms with Crippen molar-refractivity contribution in [3.8, 4) is 16.9 Å². The maximum absolute atomic E-state index is 13.5. The normalized spacial score (nSPS) is 11.0. The lowest BCUT2D eigenvalue weighted by atomic mass is 9.99. The first-order valence-electron chi connectivity index (χ1n) is 11.4. The minimum atomic E-state index is -2.87. The molecule has 0 saturated carbocycles. The van der Waals surface area contributed by atoms with Gasteiger partial charge in [0, 0.05) is 51.9 Å². The first kappa shape index (κ1) is 30.6. The lowest BCUT2D eigenvalue weighted by molar-refractivity contribution is 0.0601. The Bertz CT molecular complexity index is 1670. The minimum absolute atomic E-state index is 0.000597. The lowest BCUT2D eigenvalue weighted by Gasteiger charge is -2.17. The second-order valence-electron chi connectivity index (χ2n) is 9.02. The van der Waals surface area contributed by atoms with Crippen LogP contribution in [0.4, 0.5) is 5.69 Å². The molecule has 0 atom stereocenters. The minimum Gasteiger partial charge on any atom is -0.507 e. The van der Waals surface area contributed by atoms with Gasteiger partial charge in [0.2, 0.25) is 0 Å². The molecule has 0 unspecified atom stereocenters. The highest BCUT2D eigenvalue weighted by atomic mass is 35.5. The molecule has 210 valence electrons. The van der Waals surface area contributed by atoms with Crippen molar-refractivity contribution in [2.45, 2.75) is 0 Å². The standard InChI is InChI=1S/C27H25Cl2N3O7S/c1-32(2)26(36)19-12-20(25(35)31-40(4,5)38)23(33)13-18(19)24(34)30-22-10-14(6-8-17(22)27(37)39-3)16-9-7-15(28)11-21(16)29/h6-13,33H,1-5H3,(H,30,34). The summed E-state index contributed by atoms with van der Waals surface area (Å²) in [5.41, 5.74) is 0.168. The van der Waals surface area contributed by atoms with E-state index in [4.69, 9.17) is 27.9 Å². The van der Waals surface area contributed by atoms with Gasteiger partial charge in [-0.2, -0.15) is 4.36 Å². The molecule has 0 radical (unpaired) electrons. The average molecular weight is 606 g/mol. The van der Waals surface area contributed by atoms with Gasteiger partial charge in [-0.25, -0.2) is 9.00 Å². The molecule has 3 aromatic carbocycles. The highest BCUT2D eigenvalue weighted by Crippen LogP contribution is 2.34. The fraction of sp³-hybridized carbons (Fsp3) is 0.185. The van der Waals surface area contributed by atoms with Crippen LogP contribution in [0.1, 0.15) is 41.4 Å². The zero-order valence-corrected chi connectivity index (χ0v) is 24.4. The molecule has 0 aromatic heterocycles. The van der Waals surface area contributed by atoms with E-state index < -0.39 is 44.7 Å². The zero-order valence-electron chi connectivity index (χ0n) is 22.1. The number of amides is 3. The number of methoxy groups -OCH3 is 1. The van der Waals surface area contributed by atoms with E-state index in [9.17, 15) is 28.5 Å². The van der Waals surface area contributed by atoms with Crippen molar-refractivity contribution < 1.29 is 33.2 Å². The van der Waals surface area contributed by atoms with Gasteiger partial charge in [-0.05, 0) is 42.0 Å². The van der Waals surface area contributed by atoms with Crippen LogP contribution in [-0.2, 0) is 14.5 Å². The van der Waals surface area contributed by atoms with Crippen LogP contribution in [0.5, 0.6) is 5.75 Å². The summed E-state index contributed by atoms with van der Waals surface area (Å²) in [4.78, 5) is 52.7. The molecule has 10 nitrogen and oxygen atoms in total. The highest BCUT2D eigenvalue weighted by Gasteiger charge is 2.26. The van der Waals surface area contributed by atoms with E-state index >= 15 is 0 Å². The van der Waals surface area contributed by atoms with Crippen LogP contribution >= 0.6 is 23.2 Å². The number of aromatic hydroxyl groups is 1. The van der Waals surface area contributed by atoms with Crippen molar-refractivity contribution in [2.75, 3.05) is 39.0 Å². The predicted molar refractivity (Wildman–Crippen MR) is 154 cm³/mol. The summed E-state index contributed by atoms with van der Waals surface area (Å²) in [5.74, 6) is -3.97. The number of ether oxygens (including phenoxy) is 1. The maximum atomic E-state index is 13.5. The molecule has 0 aliphatic rings. The van der Waals surface area contributed by atoms with Gasteiger partial charge in [0.15, 0.2) is 0 Å². The molecule has 40 heavy (non-hydrogen) atoms. The van der Waals surface area contributed by atoms with Crippen LogP contribution in [0.2, 0.25) is 10.0 Å². The number of hydrogen-bond acceptors (Lipinski definition) is 7. The zero-order chi connectivity index (χ0) is 29.9. The second kappa shape index (κ2) is 12.1. The second-order valence-corrected chi connectivity index (χ2v) is 12.4. The van der Waals surface area contributed by atoms with Crippen molar-refractivity contribution >= 4 is 62.3 Å². The highest BCUT2D eigenvalue weighted by molar-refractivity contribution is 7.92. The third-order valence-electron chi connectivity index (χ3n) is 5.47.